The maximum Gasteiger partial charge on any atom is 0.414 e. The SMILES string of the molecule is CC[C@@H](C)COC.CC[C@H](C)COC.CN(C(=O)OC(C)(C)C)c1ccc([C-]=Cc2[c-]cccc2)cc1.CN(C)c1ccc([C-]=Cc2[c-]cccc2)cc1.[Y].[Y]. The van der Waals surface area contributed by atoms with Gasteiger partial charge in [0.1, 0.15) is 5.60 Å². The van der Waals surface area contributed by atoms with Crippen LogP contribution in [0.25, 0.3) is 12.2 Å². The van der Waals surface area contributed by atoms with Crippen molar-refractivity contribution < 1.29 is 84.4 Å². The second-order valence-corrected chi connectivity index (χ2v) is 14.2. The molecule has 0 spiro atoms. The summed E-state index contributed by atoms with van der Waals surface area (Å²) in [6.07, 6.45) is 12.3. The third-order valence-corrected chi connectivity index (χ3v) is 7.86. The summed E-state index contributed by atoms with van der Waals surface area (Å²) in [5, 5.41) is 0. The van der Waals surface area contributed by atoms with Gasteiger partial charge in [-0.1, -0.05) is 64.8 Å². The van der Waals surface area contributed by atoms with Crippen LogP contribution in [0.4, 0.5) is 16.2 Å². The van der Waals surface area contributed by atoms with Crippen molar-refractivity contribution in [3.8, 4) is 0 Å². The molecule has 2 atom stereocenters. The van der Waals surface area contributed by atoms with Gasteiger partial charge in [-0.05, 0) is 32.6 Å². The summed E-state index contributed by atoms with van der Waals surface area (Å²) < 4.78 is 15.1. The summed E-state index contributed by atoms with van der Waals surface area (Å²) >= 11 is 0. The second kappa shape index (κ2) is 32.5. The Morgan fingerprint density at radius 2 is 1.07 bits per heavy atom. The fraction of sp³-hybridized carbons (Fsp3) is 0.396. The van der Waals surface area contributed by atoms with Crippen LogP contribution in [-0.2, 0) is 79.6 Å². The normalized spacial score (nSPS) is 11.5. The Morgan fingerprint density at radius 3 is 1.36 bits per heavy atom. The van der Waals surface area contributed by atoms with Crippen LogP contribution < -0.4 is 9.80 Å². The predicted molar refractivity (Wildman–Crippen MR) is 229 cm³/mol. The number of methoxy groups -OCH3 is 2. The quantitative estimate of drug-likeness (QED) is 0.105. The van der Waals surface area contributed by atoms with Gasteiger partial charge in [0.05, 0.1) is 0 Å². The number of amides is 1. The minimum absolute atomic E-state index is 0. The van der Waals surface area contributed by atoms with Gasteiger partial charge >= 0.3 is 6.09 Å². The van der Waals surface area contributed by atoms with Crippen molar-refractivity contribution in [2.75, 3.05) is 58.4 Å². The molecule has 0 unspecified atom stereocenters. The van der Waals surface area contributed by atoms with Crippen molar-refractivity contribution in [3.05, 3.63) is 144 Å². The van der Waals surface area contributed by atoms with Crippen LogP contribution in [0, 0.1) is 36.1 Å². The second-order valence-electron chi connectivity index (χ2n) is 14.2. The first-order valence-corrected chi connectivity index (χ1v) is 18.7. The Balaban J connectivity index is 0. The molecule has 0 saturated carbocycles. The van der Waals surface area contributed by atoms with Crippen LogP contribution in [0.5, 0.6) is 0 Å². The Kier molecular flexibility index (Phi) is 32.3. The number of ether oxygens (including phenoxy) is 3. The van der Waals surface area contributed by atoms with Gasteiger partial charge in [-0.3, -0.25) is 4.90 Å². The van der Waals surface area contributed by atoms with Crippen molar-refractivity contribution >= 4 is 29.6 Å². The standard InChI is InChI=1S/C20H21NO2.C16H15N.2C6H14O.2Y/c1-20(2,3)23-19(22)21(4)18-14-12-17(13-15-18)11-10-16-8-6-5-7-9-16;1-17(2)16-12-10-15(11-13-16)9-8-14-6-4-3-5-7-14;2*1-4-6(2)5-7-3;;/h5-8,10,12-15H,1-4H3;3-6,8,10-13H,1-2H3;2*6H,4-5H2,1-3H3;;/q2*-2;;;;/t;;2*6-;;/m..10../s1. The van der Waals surface area contributed by atoms with Crippen LogP contribution in [0.1, 0.15) is 83.6 Å². The van der Waals surface area contributed by atoms with E-state index in [1.54, 1.807) is 21.3 Å². The molecule has 0 saturated heterocycles. The molecule has 6 nitrogen and oxygen atoms in total. The van der Waals surface area contributed by atoms with E-state index in [0.717, 1.165) is 53.0 Å². The number of benzene rings is 4. The van der Waals surface area contributed by atoms with Gasteiger partial charge < -0.3 is 19.1 Å². The van der Waals surface area contributed by atoms with E-state index in [9.17, 15) is 4.79 Å². The van der Waals surface area contributed by atoms with E-state index in [2.05, 4.69) is 81.1 Å². The first-order valence-electron chi connectivity index (χ1n) is 18.7. The molecule has 0 aliphatic carbocycles. The molecule has 8 heteroatoms. The van der Waals surface area contributed by atoms with Crippen LogP contribution in [0.3, 0.4) is 0 Å². The molecule has 4 aromatic rings. The van der Waals surface area contributed by atoms with E-state index in [4.69, 9.17) is 14.2 Å². The van der Waals surface area contributed by atoms with Crippen molar-refractivity contribution in [1.82, 2.24) is 0 Å². The monoisotopic (exact) mass is 910 g/mol. The average Bonchev–Trinajstić information content (AvgIpc) is 3.17. The molecule has 1 amide bonds. The van der Waals surface area contributed by atoms with Crippen LogP contribution in [-0.4, -0.2) is 60.3 Å². The molecule has 0 N–H and O–H groups in total. The maximum absolute atomic E-state index is 12.0. The number of hydrogen-bond acceptors (Lipinski definition) is 5. The maximum atomic E-state index is 12.0. The molecule has 0 heterocycles. The molecule has 0 fully saturated rings. The van der Waals surface area contributed by atoms with Gasteiger partial charge in [0.25, 0.3) is 0 Å². The number of rotatable bonds is 12. The predicted octanol–water partition coefficient (Wildman–Crippen LogP) is 11.5. The largest absolute Gasteiger partial charge is 0.443 e. The molecule has 4 aromatic carbocycles. The molecule has 300 valence electrons. The number of carbonyl (C=O) groups excluding carboxylic acids is 1. The third-order valence-electron chi connectivity index (χ3n) is 7.86. The zero-order valence-corrected chi connectivity index (χ0v) is 41.7. The van der Waals surface area contributed by atoms with Gasteiger partial charge in [0, 0.05) is 125 Å². The minimum Gasteiger partial charge on any atom is -0.443 e. The number of nitrogens with zero attached hydrogens (tertiary/aromatic N) is 2. The number of anilines is 2. The molecule has 0 bridgehead atoms. The van der Waals surface area contributed by atoms with Gasteiger partial charge in [0.2, 0.25) is 0 Å². The molecule has 4 rings (SSSR count). The summed E-state index contributed by atoms with van der Waals surface area (Å²) in [5.41, 5.74) is 5.49. The van der Waals surface area contributed by atoms with E-state index in [1.165, 1.54) is 23.4 Å². The fourth-order valence-corrected chi connectivity index (χ4v) is 4.19. The van der Waals surface area contributed by atoms with Crippen LogP contribution >= 0.6 is 0 Å². The van der Waals surface area contributed by atoms with Gasteiger partial charge in [0.15, 0.2) is 0 Å². The third kappa shape index (κ3) is 26.5. The molecular formula is C48H64N2O4Y2-4. The summed E-state index contributed by atoms with van der Waals surface area (Å²) in [6.45, 7) is 16.1. The summed E-state index contributed by atoms with van der Waals surface area (Å²) in [7, 11) is 9.25. The minimum atomic E-state index is -0.506. The van der Waals surface area contributed by atoms with E-state index in [-0.39, 0.29) is 71.5 Å². The first-order chi connectivity index (χ1) is 25.7. The number of hydrogen-bond donors (Lipinski definition) is 0. The van der Waals surface area contributed by atoms with Crippen molar-refractivity contribution in [2.45, 2.75) is 66.9 Å². The Morgan fingerprint density at radius 1 is 0.679 bits per heavy atom. The Hall–Kier alpha value is -2.44. The first kappa shape index (κ1) is 55.7. The summed E-state index contributed by atoms with van der Waals surface area (Å²) in [5.74, 6) is 1.45. The van der Waals surface area contributed by atoms with Crippen LogP contribution in [0.15, 0.2) is 97.1 Å². The van der Waals surface area contributed by atoms with Crippen molar-refractivity contribution in [2.24, 2.45) is 11.8 Å². The van der Waals surface area contributed by atoms with Crippen LogP contribution in [0.2, 0.25) is 0 Å². The zero-order valence-electron chi connectivity index (χ0n) is 36.1. The average molecular weight is 911 g/mol. The zero-order chi connectivity index (χ0) is 40.4. The smallest absolute Gasteiger partial charge is 0.414 e. The van der Waals surface area contributed by atoms with E-state index in [1.807, 2.05) is 120 Å². The molecule has 0 aliphatic heterocycles. The number of carbonyl (C=O) groups is 1. The fourth-order valence-electron chi connectivity index (χ4n) is 4.19. The molecular weight excluding hydrogens is 846 g/mol. The van der Waals surface area contributed by atoms with Gasteiger partial charge in [-0.15, -0.1) is 36.4 Å². The Bertz CT molecular complexity index is 1580. The van der Waals surface area contributed by atoms with Gasteiger partial charge in [-0.25, -0.2) is 28.1 Å². The summed E-state index contributed by atoms with van der Waals surface area (Å²) in [4.78, 5) is 15.6. The molecule has 0 aromatic heterocycles. The van der Waals surface area contributed by atoms with Crippen molar-refractivity contribution in [3.63, 3.8) is 0 Å². The Labute approximate surface area is 391 Å². The summed E-state index contributed by atoms with van der Waals surface area (Å²) in [6, 6.07) is 37.7. The van der Waals surface area contributed by atoms with E-state index >= 15 is 0 Å². The van der Waals surface area contributed by atoms with E-state index in [0.29, 0.717) is 0 Å². The van der Waals surface area contributed by atoms with E-state index < -0.39 is 5.60 Å². The molecule has 2 radical (unpaired) electrons. The van der Waals surface area contributed by atoms with Crippen molar-refractivity contribution in [1.29, 1.82) is 0 Å². The molecule has 56 heavy (non-hydrogen) atoms. The topological polar surface area (TPSA) is 51.2 Å². The molecule has 0 aliphatic rings. The van der Waals surface area contributed by atoms with Gasteiger partial charge in [-0.2, -0.15) is 71.8 Å².